The average Bonchev–Trinajstić information content (AvgIpc) is 2.38. The van der Waals surface area contributed by atoms with Crippen LogP contribution in [-0.4, -0.2) is 24.5 Å². The Morgan fingerprint density at radius 3 is 2.63 bits per heavy atom. The Hall–Kier alpha value is -1.44. The van der Waals surface area contributed by atoms with Crippen LogP contribution in [0.5, 0.6) is 0 Å². The maximum absolute atomic E-state index is 13.7. The molecule has 0 fully saturated rings. The SMILES string of the molecule is CC(C)C(N)CCN(C)Cc1ccc(C#N)cc1F. The molecule has 19 heavy (non-hydrogen) atoms. The molecule has 1 unspecified atom stereocenters. The summed E-state index contributed by atoms with van der Waals surface area (Å²) in [6, 6.07) is 6.70. The summed E-state index contributed by atoms with van der Waals surface area (Å²) in [6.45, 7) is 5.57. The second-order valence-corrected chi connectivity index (χ2v) is 5.35. The van der Waals surface area contributed by atoms with Gasteiger partial charge in [-0.05, 0) is 38.1 Å². The van der Waals surface area contributed by atoms with Crippen LogP contribution in [0.1, 0.15) is 31.4 Å². The molecule has 2 N–H and O–H groups in total. The molecule has 0 radical (unpaired) electrons. The molecule has 0 aliphatic rings. The van der Waals surface area contributed by atoms with Gasteiger partial charge in [-0.15, -0.1) is 0 Å². The van der Waals surface area contributed by atoms with E-state index in [0.29, 0.717) is 23.6 Å². The van der Waals surface area contributed by atoms with Crippen LogP contribution in [0.2, 0.25) is 0 Å². The summed E-state index contributed by atoms with van der Waals surface area (Å²) in [4.78, 5) is 2.05. The normalized spacial score (nSPS) is 12.7. The highest BCUT2D eigenvalue weighted by molar-refractivity contribution is 5.32. The Balaban J connectivity index is 2.53. The fourth-order valence-electron chi connectivity index (χ4n) is 1.82. The molecule has 0 amide bonds. The minimum Gasteiger partial charge on any atom is -0.327 e. The van der Waals surface area contributed by atoms with Crippen LogP contribution >= 0.6 is 0 Å². The van der Waals surface area contributed by atoms with Crippen molar-refractivity contribution in [3.05, 3.63) is 35.1 Å². The summed E-state index contributed by atoms with van der Waals surface area (Å²) in [7, 11) is 1.95. The fraction of sp³-hybridized carbons (Fsp3) is 0.533. The van der Waals surface area contributed by atoms with Crippen LogP contribution in [0.15, 0.2) is 18.2 Å². The molecule has 1 rings (SSSR count). The smallest absolute Gasteiger partial charge is 0.129 e. The quantitative estimate of drug-likeness (QED) is 0.858. The molecule has 4 heteroatoms. The van der Waals surface area contributed by atoms with E-state index in [2.05, 4.69) is 13.8 Å². The highest BCUT2D eigenvalue weighted by atomic mass is 19.1. The van der Waals surface area contributed by atoms with Crippen LogP contribution in [0.4, 0.5) is 4.39 Å². The van der Waals surface area contributed by atoms with Crippen molar-refractivity contribution in [3.63, 3.8) is 0 Å². The second kappa shape index (κ2) is 7.22. The zero-order chi connectivity index (χ0) is 14.4. The molecule has 0 aromatic heterocycles. The maximum atomic E-state index is 13.7. The minimum atomic E-state index is -0.320. The van der Waals surface area contributed by atoms with Crippen molar-refractivity contribution in [2.75, 3.05) is 13.6 Å². The third kappa shape index (κ3) is 4.98. The van der Waals surface area contributed by atoms with Gasteiger partial charge in [-0.3, -0.25) is 0 Å². The Labute approximate surface area is 114 Å². The van der Waals surface area contributed by atoms with Crippen molar-refractivity contribution in [2.45, 2.75) is 32.9 Å². The Morgan fingerprint density at radius 1 is 1.42 bits per heavy atom. The van der Waals surface area contributed by atoms with E-state index in [1.807, 2.05) is 18.0 Å². The van der Waals surface area contributed by atoms with E-state index in [1.54, 1.807) is 12.1 Å². The van der Waals surface area contributed by atoms with E-state index in [0.717, 1.165) is 13.0 Å². The van der Waals surface area contributed by atoms with E-state index in [4.69, 9.17) is 11.0 Å². The van der Waals surface area contributed by atoms with Crippen LogP contribution in [-0.2, 0) is 6.54 Å². The van der Waals surface area contributed by atoms with E-state index < -0.39 is 0 Å². The van der Waals surface area contributed by atoms with E-state index in [-0.39, 0.29) is 11.9 Å². The minimum absolute atomic E-state index is 0.174. The molecule has 0 aliphatic carbocycles. The van der Waals surface area contributed by atoms with Gasteiger partial charge in [0, 0.05) is 18.2 Å². The van der Waals surface area contributed by atoms with E-state index in [9.17, 15) is 4.39 Å². The van der Waals surface area contributed by atoms with Crippen molar-refractivity contribution in [1.29, 1.82) is 5.26 Å². The number of hydrogen-bond acceptors (Lipinski definition) is 3. The molecule has 1 aromatic carbocycles. The lowest BCUT2D eigenvalue weighted by Gasteiger charge is -2.21. The molecule has 0 bridgehead atoms. The highest BCUT2D eigenvalue weighted by Crippen LogP contribution is 2.12. The molecule has 104 valence electrons. The number of halogens is 1. The number of rotatable bonds is 6. The Kier molecular flexibility index (Phi) is 5.94. The average molecular weight is 263 g/mol. The zero-order valence-electron chi connectivity index (χ0n) is 11.9. The van der Waals surface area contributed by atoms with Crippen molar-refractivity contribution in [1.82, 2.24) is 4.90 Å². The van der Waals surface area contributed by atoms with Gasteiger partial charge in [0.15, 0.2) is 0 Å². The Bertz CT molecular complexity index is 451. The van der Waals surface area contributed by atoms with Crippen molar-refractivity contribution in [2.24, 2.45) is 11.7 Å². The van der Waals surface area contributed by atoms with E-state index in [1.165, 1.54) is 6.07 Å². The largest absolute Gasteiger partial charge is 0.327 e. The Morgan fingerprint density at radius 2 is 2.11 bits per heavy atom. The fourth-order valence-corrected chi connectivity index (χ4v) is 1.82. The summed E-state index contributed by atoms with van der Waals surface area (Å²) >= 11 is 0. The molecule has 0 saturated carbocycles. The molecule has 1 aromatic rings. The standard InChI is InChI=1S/C15H22FN3/c1-11(2)15(18)6-7-19(3)10-13-5-4-12(9-17)8-14(13)16/h4-5,8,11,15H,6-7,10,18H2,1-3H3. The third-order valence-corrected chi connectivity index (χ3v) is 3.32. The number of nitriles is 1. The number of nitrogens with zero attached hydrogens (tertiary/aromatic N) is 2. The van der Waals surface area contributed by atoms with Crippen molar-refractivity contribution < 1.29 is 4.39 Å². The van der Waals surface area contributed by atoms with Crippen LogP contribution in [0, 0.1) is 23.1 Å². The number of benzene rings is 1. The maximum Gasteiger partial charge on any atom is 0.129 e. The summed E-state index contributed by atoms with van der Waals surface area (Å²) in [5.74, 6) is 0.138. The van der Waals surface area contributed by atoms with Crippen LogP contribution in [0.25, 0.3) is 0 Å². The molecule has 0 spiro atoms. The summed E-state index contributed by atoms with van der Waals surface area (Å²) in [6.07, 6.45) is 0.895. The van der Waals surface area contributed by atoms with Gasteiger partial charge in [0.1, 0.15) is 5.82 Å². The highest BCUT2D eigenvalue weighted by Gasteiger charge is 2.11. The first-order valence-electron chi connectivity index (χ1n) is 6.56. The summed E-state index contributed by atoms with van der Waals surface area (Å²) in [5, 5.41) is 8.69. The number of nitrogens with two attached hydrogens (primary N) is 1. The monoisotopic (exact) mass is 263 g/mol. The zero-order valence-corrected chi connectivity index (χ0v) is 11.9. The van der Waals surface area contributed by atoms with Gasteiger partial charge >= 0.3 is 0 Å². The van der Waals surface area contributed by atoms with Gasteiger partial charge in [-0.2, -0.15) is 5.26 Å². The summed E-state index contributed by atoms with van der Waals surface area (Å²) < 4.78 is 13.7. The van der Waals surface area contributed by atoms with Crippen LogP contribution < -0.4 is 5.73 Å². The molecule has 3 nitrogen and oxygen atoms in total. The van der Waals surface area contributed by atoms with Crippen molar-refractivity contribution >= 4 is 0 Å². The molecular formula is C15H22FN3. The molecule has 0 aliphatic heterocycles. The first-order valence-corrected chi connectivity index (χ1v) is 6.56. The first-order chi connectivity index (χ1) is 8.93. The van der Waals surface area contributed by atoms with Gasteiger partial charge in [0.05, 0.1) is 11.6 Å². The lowest BCUT2D eigenvalue weighted by Crippen LogP contribution is -2.31. The van der Waals surface area contributed by atoms with Gasteiger partial charge in [-0.1, -0.05) is 19.9 Å². The second-order valence-electron chi connectivity index (χ2n) is 5.35. The lowest BCUT2D eigenvalue weighted by atomic mass is 10.0. The topological polar surface area (TPSA) is 53.0 Å². The summed E-state index contributed by atoms with van der Waals surface area (Å²) in [5.41, 5.74) is 6.95. The van der Waals surface area contributed by atoms with Gasteiger partial charge in [0.2, 0.25) is 0 Å². The van der Waals surface area contributed by atoms with Crippen LogP contribution in [0.3, 0.4) is 0 Å². The van der Waals surface area contributed by atoms with E-state index >= 15 is 0 Å². The van der Waals surface area contributed by atoms with Gasteiger partial charge < -0.3 is 10.6 Å². The molecular weight excluding hydrogens is 241 g/mol. The predicted octanol–water partition coefficient (Wildman–Crippen LogP) is 2.50. The molecule has 0 saturated heterocycles. The predicted molar refractivity (Wildman–Crippen MR) is 74.9 cm³/mol. The lowest BCUT2D eigenvalue weighted by molar-refractivity contribution is 0.292. The van der Waals surface area contributed by atoms with Crippen molar-refractivity contribution in [3.8, 4) is 6.07 Å². The molecule has 1 atom stereocenters. The first kappa shape index (κ1) is 15.6. The van der Waals surface area contributed by atoms with Gasteiger partial charge in [0.25, 0.3) is 0 Å². The number of hydrogen-bond donors (Lipinski definition) is 1. The van der Waals surface area contributed by atoms with Gasteiger partial charge in [-0.25, -0.2) is 4.39 Å². The third-order valence-electron chi connectivity index (χ3n) is 3.32. The molecule has 0 heterocycles.